The highest BCUT2D eigenvalue weighted by molar-refractivity contribution is 7.75. The Morgan fingerprint density at radius 2 is 2.10 bits per heavy atom. The van der Waals surface area contributed by atoms with Crippen molar-refractivity contribution in [2.75, 3.05) is 0 Å². The van der Waals surface area contributed by atoms with E-state index in [2.05, 4.69) is 27.1 Å². The maximum Gasteiger partial charge on any atom is 0.125 e. The van der Waals surface area contributed by atoms with E-state index in [0.29, 0.717) is 6.61 Å². The molecule has 1 aromatic rings. The van der Waals surface area contributed by atoms with E-state index in [1.165, 1.54) is 0 Å². The van der Waals surface area contributed by atoms with Gasteiger partial charge >= 0.3 is 0 Å². The summed E-state index contributed by atoms with van der Waals surface area (Å²) in [7, 11) is 0. The molecule has 1 aromatic heterocycles. The van der Waals surface area contributed by atoms with Crippen LogP contribution in [0.25, 0.3) is 0 Å². The van der Waals surface area contributed by atoms with Crippen LogP contribution < -0.4 is 0 Å². The fourth-order valence-electron chi connectivity index (χ4n) is 0.568. The van der Waals surface area contributed by atoms with Gasteiger partial charge in [-0.3, -0.25) is 0 Å². The first-order chi connectivity index (χ1) is 4.83. The van der Waals surface area contributed by atoms with Crippen LogP contribution in [-0.2, 0) is 10.8 Å². The minimum Gasteiger partial charge on any atom is -0.314 e. The minimum absolute atomic E-state index is 0.448. The number of nitrogens with zero attached hydrogens (tertiary/aromatic N) is 2. The molecule has 0 N–H and O–H groups in total. The van der Waals surface area contributed by atoms with Crippen molar-refractivity contribution in [3.05, 3.63) is 23.8 Å². The van der Waals surface area contributed by atoms with Gasteiger partial charge < -0.3 is 4.18 Å². The van der Waals surface area contributed by atoms with Crippen molar-refractivity contribution in [1.29, 1.82) is 0 Å². The largest absolute Gasteiger partial charge is 0.314 e. The third kappa shape index (κ3) is 1.97. The van der Waals surface area contributed by atoms with Gasteiger partial charge in [-0.05, 0) is 19.8 Å². The number of hydrogen-bond acceptors (Lipinski definition) is 4. The van der Waals surface area contributed by atoms with E-state index in [9.17, 15) is 0 Å². The van der Waals surface area contributed by atoms with E-state index in [1.54, 1.807) is 12.4 Å². The molecular formula is C6H8N2OS. The highest BCUT2D eigenvalue weighted by Crippen LogP contribution is 1.98. The maximum atomic E-state index is 4.58. The Bertz CT molecular complexity index is 199. The highest BCUT2D eigenvalue weighted by Gasteiger charge is 1.91. The maximum absolute atomic E-state index is 4.58. The van der Waals surface area contributed by atoms with Gasteiger partial charge in [-0.1, -0.05) is 0 Å². The zero-order valence-corrected chi connectivity index (χ0v) is 6.51. The van der Waals surface area contributed by atoms with E-state index in [4.69, 9.17) is 0 Å². The quantitative estimate of drug-likeness (QED) is 0.515. The molecule has 0 aliphatic carbocycles. The molecule has 10 heavy (non-hydrogen) atoms. The minimum atomic E-state index is 0.448. The number of aryl methyl sites for hydroxylation is 1. The van der Waals surface area contributed by atoms with Crippen LogP contribution in [0.4, 0.5) is 0 Å². The lowest BCUT2D eigenvalue weighted by Gasteiger charge is -1.95. The molecule has 0 aliphatic heterocycles. The predicted octanol–water partition coefficient (Wildman–Crippen LogP) is 1.15. The summed E-state index contributed by atoms with van der Waals surface area (Å²) in [6, 6.07) is 0. The second-order valence-corrected chi connectivity index (χ2v) is 2.17. The average molecular weight is 156 g/mol. The van der Waals surface area contributed by atoms with E-state index < -0.39 is 0 Å². The van der Waals surface area contributed by atoms with Crippen LogP contribution in [0.2, 0.25) is 0 Å². The molecule has 0 saturated carbocycles. The third-order valence-corrected chi connectivity index (χ3v) is 1.19. The summed E-state index contributed by atoms with van der Waals surface area (Å²) in [5.74, 6) is 0.767. The monoisotopic (exact) mass is 156 g/mol. The summed E-state index contributed by atoms with van der Waals surface area (Å²) in [6.45, 7) is 2.29. The van der Waals surface area contributed by atoms with Crippen LogP contribution in [0.1, 0.15) is 11.4 Å². The van der Waals surface area contributed by atoms with Crippen LogP contribution >= 0.6 is 12.9 Å². The first-order valence-corrected chi connectivity index (χ1v) is 3.23. The lowest BCUT2D eigenvalue weighted by molar-refractivity contribution is 0.370. The third-order valence-electron chi connectivity index (χ3n) is 1.07. The number of hydrogen-bond donors (Lipinski definition) is 1. The number of aromatic nitrogens is 2. The van der Waals surface area contributed by atoms with Gasteiger partial charge in [0.05, 0.1) is 6.61 Å². The smallest absolute Gasteiger partial charge is 0.125 e. The van der Waals surface area contributed by atoms with Gasteiger partial charge in [-0.15, -0.1) is 0 Å². The molecule has 0 atom stereocenters. The Balaban J connectivity index is 2.69. The van der Waals surface area contributed by atoms with Gasteiger partial charge in [0.15, 0.2) is 0 Å². The van der Waals surface area contributed by atoms with Crippen molar-refractivity contribution in [3.63, 3.8) is 0 Å². The summed E-state index contributed by atoms with van der Waals surface area (Å²) in [5, 5.41) is 0. The van der Waals surface area contributed by atoms with E-state index in [0.717, 1.165) is 11.4 Å². The van der Waals surface area contributed by atoms with Crippen molar-refractivity contribution in [2.24, 2.45) is 0 Å². The lowest BCUT2D eigenvalue weighted by Crippen LogP contribution is -1.90. The molecule has 0 bridgehead atoms. The van der Waals surface area contributed by atoms with E-state index in [-0.39, 0.29) is 0 Å². The standard InChI is InChI=1S/C6H8N2OS/c1-5-7-2-6(3-8-5)4-9-10/h2-3,10H,4H2,1H3. The van der Waals surface area contributed by atoms with Crippen molar-refractivity contribution in [2.45, 2.75) is 13.5 Å². The molecule has 0 aliphatic rings. The SMILES string of the molecule is Cc1ncc(COS)cn1. The molecule has 0 fully saturated rings. The second-order valence-electron chi connectivity index (χ2n) is 1.91. The fourth-order valence-corrected chi connectivity index (χ4v) is 0.717. The van der Waals surface area contributed by atoms with Gasteiger partial charge in [0.1, 0.15) is 5.82 Å². The van der Waals surface area contributed by atoms with Crippen molar-refractivity contribution in [3.8, 4) is 0 Å². The summed E-state index contributed by atoms with van der Waals surface area (Å²) in [6.07, 6.45) is 3.44. The molecule has 54 valence electrons. The van der Waals surface area contributed by atoms with E-state index >= 15 is 0 Å². The molecule has 1 heterocycles. The average Bonchev–Trinajstić information content (AvgIpc) is 1.95. The summed E-state index contributed by atoms with van der Waals surface area (Å²) >= 11 is 3.60. The van der Waals surface area contributed by atoms with Crippen molar-refractivity contribution in [1.82, 2.24) is 9.97 Å². The highest BCUT2D eigenvalue weighted by atomic mass is 32.1. The number of rotatable bonds is 2. The zero-order valence-electron chi connectivity index (χ0n) is 5.61. The summed E-state index contributed by atoms with van der Waals surface area (Å²) in [5.41, 5.74) is 0.931. The molecule has 0 aromatic carbocycles. The Morgan fingerprint density at radius 3 is 2.60 bits per heavy atom. The Hall–Kier alpha value is -0.610. The van der Waals surface area contributed by atoms with Gasteiger partial charge in [0.2, 0.25) is 0 Å². The van der Waals surface area contributed by atoms with Crippen molar-refractivity contribution >= 4 is 12.9 Å². The van der Waals surface area contributed by atoms with Gasteiger partial charge in [-0.25, -0.2) is 9.97 Å². The molecule has 1 rings (SSSR count). The summed E-state index contributed by atoms with van der Waals surface area (Å²) < 4.78 is 4.58. The van der Waals surface area contributed by atoms with Crippen LogP contribution in [0.3, 0.4) is 0 Å². The molecule has 0 amide bonds. The Labute approximate surface area is 65.1 Å². The molecule has 4 heteroatoms. The normalized spacial score (nSPS) is 9.80. The molecule has 0 unspecified atom stereocenters. The van der Waals surface area contributed by atoms with Crippen LogP contribution in [0, 0.1) is 6.92 Å². The van der Waals surface area contributed by atoms with Gasteiger partial charge in [0.25, 0.3) is 0 Å². The van der Waals surface area contributed by atoms with Crippen LogP contribution in [0.15, 0.2) is 12.4 Å². The van der Waals surface area contributed by atoms with Gasteiger partial charge in [-0.2, -0.15) is 0 Å². The molecule has 0 radical (unpaired) electrons. The second kappa shape index (κ2) is 3.53. The van der Waals surface area contributed by atoms with Crippen molar-refractivity contribution < 1.29 is 4.18 Å². The topological polar surface area (TPSA) is 35.0 Å². The molecule has 0 spiro atoms. The van der Waals surface area contributed by atoms with Gasteiger partial charge in [0, 0.05) is 18.0 Å². The molecule has 0 saturated heterocycles. The van der Waals surface area contributed by atoms with Crippen LogP contribution in [-0.4, -0.2) is 9.97 Å². The Morgan fingerprint density at radius 1 is 1.50 bits per heavy atom. The lowest BCUT2D eigenvalue weighted by atomic mass is 10.4. The molecule has 3 nitrogen and oxygen atoms in total. The first-order valence-electron chi connectivity index (χ1n) is 2.87. The number of thiol groups is 1. The van der Waals surface area contributed by atoms with Crippen LogP contribution in [0.5, 0.6) is 0 Å². The van der Waals surface area contributed by atoms with E-state index in [1.807, 2.05) is 6.92 Å². The molecular weight excluding hydrogens is 148 g/mol. The Kier molecular flexibility index (Phi) is 2.65. The predicted molar refractivity (Wildman–Crippen MR) is 40.5 cm³/mol. The zero-order chi connectivity index (χ0) is 7.40. The summed E-state index contributed by atoms with van der Waals surface area (Å²) in [4.78, 5) is 7.95. The first kappa shape index (κ1) is 7.50. The fraction of sp³-hybridized carbons (Fsp3) is 0.333.